The first kappa shape index (κ1) is 15.6. The van der Waals surface area contributed by atoms with E-state index in [4.69, 9.17) is 22.7 Å². The van der Waals surface area contributed by atoms with Gasteiger partial charge in [-0.1, -0.05) is 12.2 Å². The van der Waals surface area contributed by atoms with Gasteiger partial charge in [0.2, 0.25) is 0 Å². The van der Waals surface area contributed by atoms with Crippen molar-refractivity contribution in [2.45, 2.75) is 0 Å². The monoisotopic (exact) mass is 300 g/mol. The minimum Gasteiger partial charge on any atom is -0.484 e. The second-order valence-corrected chi connectivity index (χ2v) is 5.80. The normalized spacial score (nSPS) is 11.6. The number of hydrogen-bond acceptors (Lipinski definition) is 4. The molecular formula is C12H16N2O3S2. The summed E-state index contributed by atoms with van der Waals surface area (Å²) in [4.78, 5) is 11.7. The summed E-state index contributed by atoms with van der Waals surface area (Å²) < 4.78 is 16.1. The van der Waals surface area contributed by atoms with E-state index in [9.17, 15) is 9.00 Å². The van der Waals surface area contributed by atoms with Gasteiger partial charge in [0.15, 0.2) is 6.61 Å². The Balaban J connectivity index is 2.33. The number of carbonyl (C=O) groups excluding carboxylic acids is 1. The third kappa shape index (κ3) is 6.30. The summed E-state index contributed by atoms with van der Waals surface area (Å²) in [6, 6.07) is 6.86. The minimum atomic E-state index is -0.909. The van der Waals surface area contributed by atoms with Crippen LogP contribution in [0.1, 0.15) is 5.56 Å². The third-order valence-electron chi connectivity index (χ3n) is 2.22. The van der Waals surface area contributed by atoms with Crippen LogP contribution in [0.5, 0.6) is 5.75 Å². The molecule has 0 heterocycles. The van der Waals surface area contributed by atoms with Crippen LogP contribution >= 0.6 is 12.2 Å². The zero-order valence-electron chi connectivity index (χ0n) is 10.5. The number of ether oxygens (including phenoxy) is 1. The first-order valence-corrected chi connectivity index (χ1v) is 7.72. The van der Waals surface area contributed by atoms with Crippen molar-refractivity contribution in [1.82, 2.24) is 5.32 Å². The molecule has 1 rings (SSSR count). The first-order chi connectivity index (χ1) is 8.99. The summed E-state index contributed by atoms with van der Waals surface area (Å²) in [7, 11) is -0.909. The Morgan fingerprint density at radius 3 is 2.58 bits per heavy atom. The molecule has 0 fully saturated rings. The fourth-order valence-corrected chi connectivity index (χ4v) is 1.78. The van der Waals surface area contributed by atoms with Gasteiger partial charge in [-0.2, -0.15) is 0 Å². The standard InChI is InChI=1S/C12H16N2O3S2/c1-19(16)7-6-14-11(15)8-17-10-4-2-9(3-5-10)12(13)18/h2-5H,6-8H2,1H3,(H2,13,18)(H,14,15). The van der Waals surface area contributed by atoms with Crippen molar-refractivity contribution in [3.05, 3.63) is 29.8 Å². The van der Waals surface area contributed by atoms with Gasteiger partial charge in [-0.3, -0.25) is 9.00 Å². The minimum absolute atomic E-state index is 0.0806. The van der Waals surface area contributed by atoms with Crippen LogP contribution in [0.3, 0.4) is 0 Å². The zero-order chi connectivity index (χ0) is 14.3. The highest BCUT2D eigenvalue weighted by Crippen LogP contribution is 2.11. The van der Waals surface area contributed by atoms with Crippen LogP contribution in [0.4, 0.5) is 0 Å². The molecule has 0 radical (unpaired) electrons. The largest absolute Gasteiger partial charge is 0.484 e. The van der Waals surface area contributed by atoms with Crippen LogP contribution < -0.4 is 15.8 Å². The molecule has 5 nitrogen and oxygen atoms in total. The van der Waals surface area contributed by atoms with Gasteiger partial charge in [0.1, 0.15) is 10.7 Å². The number of nitrogens with one attached hydrogen (secondary N) is 1. The Morgan fingerprint density at radius 2 is 2.05 bits per heavy atom. The number of benzene rings is 1. The second-order valence-electron chi connectivity index (χ2n) is 3.80. The van der Waals surface area contributed by atoms with Gasteiger partial charge < -0.3 is 15.8 Å². The van der Waals surface area contributed by atoms with Crippen LogP contribution in [0.2, 0.25) is 0 Å². The molecular weight excluding hydrogens is 284 g/mol. The SMILES string of the molecule is CS(=O)CCNC(=O)COc1ccc(C(N)=S)cc1. The van der Waals surface area contributed by atoms with Crippen molar-refractivity contribution in [3.8, 4) is 5.75 Å². The van der Waals surface area contributed by atoms with Crippen molar-refractivity contribution in [2.24, 2.45) is 5.73 Å². The van der Waals surface area contributed by atoms with Crippen LogP contribution in [0.25, 0.3) is 0 Å². The molecule has 0 saturated carbocycles. The fraction of sp³-hybridized carbons (Fsp3) is 0.333. The molecule has 1 aromatic rings. The second kappa shape index (κ2) is 7.85. The molecule has 0 bridgehead atoms. The molecule has 104 valence electrons. The van der Waals surface area contributed by atoms with E-state index < -0.39 is 10.8 Å². The van der Waals surface area contributed by atoms with Crippen molar-refractivity contribution in [1.29, 1.82) is 0 Å². The lowest BCUT2D eigenvalue weighted by Gasteiger charge is -2.07. The number of carbonyl (C=O) groups is 1. The molecule has 1 aromatic carbocycles. The van der Waals surface area contributed by atoms with Gasteiger partial charge in [-0.25, -0.2) is 0 Å². The van der Waals surface area contributed by atoms with Gasteiger partial charge in [0.25, 0.3) is 5.91 Å². The predicted octanol–water partition coefficient (Wildman–Crippen LogP) is 0.194. The quantitative estimate of drug-likeness (QED) is 0.703. The number of thiocarbonyl (C=S) groups is 1. The van der Waals surface area contributed by atoms with Gasteiger partial charge in [0, 0.05) is 34.9 Å². The van der Waals surface area contributed by atoms with Crippen molar-refractivity contribution >= 4 is 33.9 Å². The molecule has 1 unspecified atom stereocenters. The average Bonchev–Trinajstić information content (AvgIpc) is 2.36. The number of rotatable bonds is 7. The fourth-order valence-electron chi connectivity index (χ4n) is 1.25. The molecule has 19 heavy (non-hydrogen) atoms. The first-order valence-electron chi connectivity index (χ1n) is 5.58. The van der Waals surface area contributed by atoms with E-state index in [0.717, 1.165) is 5.56 Å². The Hall–Kier alpha value is -1.47. The lowest BCUT2D eigenvalue weighted by molar-refractivity contribution is -0.122. The maximum absolute atomic E-state index is 11.4. The Morgan fingerprint density at radius 1 is 1.42 bits per heavy atom. The van der Waals surface area contributed by atoms with E-state index in [1.54, 1.807) is 30.5 Å². The van der Waals surface area contributed by atoms with E-state index in [1.807, 2.05) is 0 Å². The van der Waals surface area contributed by atoms with Crippen LogP contribution in [-0.4, -0.2) is 40.3 Å². The smallest absolute Gasteiger partial charge is 0.257 e. The maximum Gasteiger partial charge on any atom is 0.257 e. The Kier molecular flexibility index (Phi) is 6.44. The van der Waals surface area contributed by atoms with Gasteiger partial charge in [-0.15, -0.1) is 0 Å². The Bertz CT molecular complexity index is 474. The lowest BCUT2D eigenvalue weighted by atomic mass is 10.2. The molecule has 0 aliphatic heterocycles. The van der Waals surface area contributed by atoms with E-state index in [-0.39, 0.29) is 12.5 Å². The highest BCUT2D eigenvalue weighted by molar-refractivity contribution is 7.84. The van der Waals surface area contributed by atoms with Crippen LogP contribution in [-0.2, 0) is 15.6 Å². The zero-order valence-corrected chi connectivity index (χ0v) is 12.2. The number of hydrogen-bond donors (Lipinski definition) is 2. The van der Waals surface area contributed by atoms with E-state index >= 15 is 0 Å². The van der Waals surface area contributed by atoms with E-state index in [1.165, 1.54) is 0 Å². The molecule has 0 aromatic heterocycles. The van der Waals surface area contributed by atoms with Crippen LogP contribution in [0, 0.1) is 0 Å². The number of amides is 1. The summed E-state index contributed by atoms with van der Waals surface area (Å²) in [6.07, 6.45) is 1.59. The van der Waals surface area contributed by atoms with Gasteiger partial charge in [0.05, 0.1) is 0 Å². The van der Waals surface area contributed by atoms with Crippen molar-refractivity contribution in [3.63, 3.8) is 0 Å². The maximum atomic E-state index is 11.4. The summed E-state index contributed by atoms with van der Waals surface area (Å²) in [5.41, 5.74) is 6.21. The molecule has 0 aliphatic rings. The molecule has 7 heteroatoms. The van der Waals surface area contributed by atoms with Crippen LogP contribution in [0.15, 0.2) is 24.3 Å². The summed E-state index contributed by atoms with van der Waals surface area (Å²) in [5, 5.41) is 2.62. The summed E-state index contributed by atoms with van der Waals surface area (Å²) in [6.45, 7) is 0.300. The Labute approximate surface area is 120 Å². The van der Waals surface area contributed by atoms with E-state index in [2.05, 4.69) is 5.32 Å². The lowest BCUT2D eigenvalue weighted by Crippen LogP contribution is -2.31. The third-order valence-corrected chi connectivity index (χ3v) is 3.24. The van der Waals surface area contributed by atoms with Gasteiger partial charge in [-0.05, 0) is 24.3 Å². The molecule has 0 saturated heterocycles. The molecule has 0 aliphatic carbocycles. The number of nitrogens with two attached hydrogens (primary N) is 1. The van der Waals surface area contributed by atoms with Crippen molar-refractivity contribution < 1.29 is 13.7 Å². The van der Waals surface area contributed by atoms with E-state index in [0.29, 0.717) is 23.0 Å². The summed E-state index contributed by atoms with van der Waals surface area (Å²) >= 11 is 4.83. The van der Waals surface area contributed by atoms with Crippen molar-refractivity contribution in [2.75, 3.05) is 25.2 Å². The highest BCUT2D eigenvalue weighted by Gasteiger charge is 2.03. The summed E-state index contributed by atoms with van der Waals surface area (Å²) in [5.74, 6) is 0.757. The molecule has 1 atom stereocenters. The predicted molar refractivity (Wildman–Crippen MR) is 79.8 cm³/mol. The topological polar surface area (TPSA) is 81.4 Å². The molecule has 0 spiro atoms. The van der Waals surface area contributed by atoms with Gasteiger partial charge >= 0.3 is 0 Å². The average molecular weight is 300 g/mol. The molecule has 1 amide bonds. The highest BCUT2D eigenvalue weighted by atomic mass is 32.2. The molecule has 3 N–H and O–H groups in total.